The minimum Gasteiger partial charge on any atom is -0.409 e. The lowest BCUT2D eigenvalue weighted by molar-refractivity contribution is -0.117. The van der Waals surface area contributed by atoms with E-state index in [2.05, 4.69) is 10.4 Å². The van der Waals surface area contributed by atoms with Crippen molar-refractivity contribution in [2.45, 2.75) is 27.3 Å². The third kappa shape index (κ3) is 3.85. The number of anilines is 1. The molecule has 1 amide bonds. The molecule has 0 radical (unpaired) electrons. The van der Waals surface area contributed by atoms with E-state index in [0.29, 0.717) is 5.89 Å². The molecule has 0 fully saturated rings. The molecule has 0 aliphatic carbocycles. The normalized spacial score (nSPS) is 10.7. The van der Waals surface area contributed by atoms with Crippen molar-refractivity contribution < 1.29 is 9.21 Å². The molecule has 1 aromatic heterocycles. The molecule has 1 heterocycles. The molecule has 5 nitrogen and oxygen atoms in total. The van der Waals surface area contributed by atoms with E-state index < -0.39 is 0 Å². The fraction of sp³-hybridized carbons (Fsp3) is 0.211. The maximum absolute atomic E-state index is 12.4. The number of aryl methyl sites for hydroxylation is 3. The number of carbonyl (C=O) groups is 1. The Morgan fingerprint density at radius 3 is 2.40 bits per heavy atom. The SMILES string of the molecule is Cc1ccc(-c2nn(CC(=O)Nc3c(C)cccc3C)c(=S)o2)cc1. The largest absolute Gasteiger partial charge is 0.409 e. The molecule has 0 aliphatic rings. The number of aromatic nitrogens is 2. The van der Waals surface area contributed by atoms with Crippen molar-refractivity contribution >= 4 is 23.8 Å². The number of hydrogen-bond acceptors (Lipinski definition) is 4. The van der Waals surface area contributed by atoms with Gasteiger partial charge in [0.05, 0.1) is 0 Å². The van der Waals surface area contributed by atoms with Gasteiger partial charge in [0.15, 0.2) is 0 Å². The van der Waals surface area contributed by atoms with Crippen molar-refractivity contribution in [3.8, 4) is 11.5 Å². The van der Waals surface area contributed by atoms with Crippen LogP contribution in [-0.4, -0.2) is 15.7 Å². The number of nitrogens with one attached hydrogen (secondary N) is 1. The summed E-state index contributed by atoms with van der Waals surface area (Å²) in [7, 11) is 0. The Morgan fingerprint density at radius 1 is 1.12 bits per heavy atom. The molecule has 0 aliphatic heterocycles. The summed E-state index contributed by atoms with van der Waals surface area (Å²) in [6.45, 7) is 5.93. The zero-order chi connectivity index (χ0) is 18.0. The van der Waals surface area contributed by atoms with Crippen LogP contribution in [0.3, 0.4) is 0 Å². The van der Waals surface area contributed by atoms with Gasteiger partial charge in [-0.1, -0.05) is 35.9 Å². The Bertz CT molecular complexity index is 951. The Morgan fingerprint density at radius 2 is 1.76 bits per heavy atom. The molecule has 0 atom stereocenters. The van der Waals surface area contributed by atoms with Crippen LogP contribution in [0.5, 0.6) is 0 Å². The fourth-order valence-electron chi connectivity index (χ4n) is 2.55. The molecule has 1 N–H and O–H groups in total. The van der Waals surface area contributed by atoms with Gasteiger partial charge in [0.1, 0.15) is 6.54 Å². The molecule has 25 heavy (non-hydrogen) atoms. The number of nitrogens with zero attached hydrogens (tertiary/aromatic N) is 2. The number of benzene rings is 2. The van der Waals surface area contributed by atoms with Crippen molar-refractivity contribution in [3.63, 3.8) is 0 Å². The van der Waals surface area contributed by atoms with Crippen LogP contribution in [0.4, 0.5) is 5.69 Å². The fourth-order valence-corrected chi connectivity index (χ4v) is 2.73. The van der Waals surface area contributed by atoms with Crippen LogP contribution in [0.2, 0.25) is 0 Å². The summed E-state index contributed by atoms with van der Waals surface area (Å²) in [5.41, 5.74) is 4.82. The summed E-state index contributed by atoms with van der Waals surface area (Å²) in [4.78, 5) is 12.5. The number of para-hydroxylation sites is 1. The first-order valence-corrected chi connectivity index (χ1v) is 8.36. The first-order chi connectivity index (χ1) is 11.9. The van der Waals surface area contributed by atoms with Gasteiger partial charge < -0.3 is 9.73 Å². The van der Waals surface area contributed by atoms with Crippen molar-refractivity contribution in [1.82, 2.24) is 9.78 Å². The van der Waals surface area contributed by atoms with Crippen LogP contribution in [0, 0.1) is 25.6 Å². The topological polar surface area (TPSA) is 60.1 Å². The van der Waals surface area contributed by atoms with Crippen molar-refractivity contribution in [3.05, 3.63) is 64.0 Å². The Labute approximate surface area is 151 Å². The van der Waals surface area contributed by atoms with Gasteiger partial charge in [-0.15, -0.1) is 5.10 Å². The van der Waals surface area contributed by atoms with Gasteiger partial charge >= 0.3 is 0 Å². The quantitative estimate of drug-likeness (QED) is 0.705. The van der Waals surface area contributed by atoms with Crippen LogP contribution in [0.1, 0.15) is 16.7 Å². The second kappa shape index (κ2) is 7.03. The first-order valence-electron chi connectivity index (χ1n) is 7.95. The van der Waals surface area contributed by atoms with E-state index in [4.69, 9.17) is 16.6 Å². The highest BCUT2D eigenvalue weighted by atomic mass is 32.1. The number of amides is 1. The van der Waals surface area contributed by atoms with Crippen molar-refractivity contribution in [1.29, 1.82) is 0 Å². The predicted molar refractivity (Wildman–Crippen MR) is 100 cm³/mol. The van der Waals surface area contributed by atoms with E-state index >= 15 is 0 Å². The van der Waals surface area contributed by atoms with E-state index in [1.807, 2.05) is 63.2 Å². The highest BCUT2D eigenvalue weighted by Gasteiger charge is 2.13. The highest BCUT2D eigenvalue weighted by Crippen LogP contribution is 2.20. The monoisotopic (exact) mass is 353 g/mol. The van der Waals surface area contributed by atoms with E-state index in [1.54, 1.807) is 0 Å². The van der Waals surface area contributed by atoms with E-state index in [-0.39, 0.29) is 17.3 Å². The third-order valence-corrected chi connectivity index (χ3v) is 4.24. The molecule has 3 aromatic rings. The average molecular weight is 353 g/mol. The molecule has 0 saturated heterocycles. The van der Waals surface area contributed by atoms with Crippen LogP contribution in [-0.2, 0) is 11.3 Å². The molecular formula is C19H19N3O2S. The van der Waals surface area contributed by atoms with Gasteiger partial charge in [0, 0.05) is 11.3 Å². The average Bonchev–Trinajstić information content (AvgIpc) is 2.92. The second-order valence-corrected chi connectivity index (χ2v) is 6.36. The Hall–Kier alpha value is -2.73. The van der Waals surface area contributed by atoms with Gasteiger partial charge in [-0.05, 0) is 56.2 Å². The van der Waals surface area contributed by atoms with Crippen molar-refractivity contribution in [2.75, 3.05) is 5.32 Å². The number of rotatable bonds is 4. The lowest BCUT2D eigenvalue weighted by atomic mass is 10.1. The zero-order valence-corrected chi connectivity index (χ0v) is 15.2. The summed E-state index contributed by atoms with van der Waals surface area (Å²) < 4.78 is 6.92. The van der Waals surface area contributed by atoms with Crippen LogP contribution in [0.25, 0.3) is 11.5 Å². The molecule has 128 valence electrons. The van der Waals surface area contributed by atoms with Gasteiger partial charge in [0.2, 0.25) is 11.8 Å². The van der Waals surface area contributed by atoms with Gasteiger partial charge in [0.25, 0.3) is 4.84 Å². The van der Waals surface area contributed by atoms with Crippen LogP contribution < -0.4 is 5.32 Å². The molecule has 0 unspecified atom stereocenters. The molecule has 0 bridgehead atoms. The molecule has 0 spiro atoms. The van der Waals surface area contributed by atoms with Gasteiger partial charge in [-0.2, -0.15) is 0 Å². The lowest BCUT2D eigenvalue weighted by Crippen LogP contribution is -2.20. The maximum Gasteiger partial charge on any atom is 0.287 e. The van der Waals surface area contributed by atoms with Crippen LogP contribution >= 0.6 is 12.2 Å². The summed E-state index contributed by atoms with van der Waals surface area (Å²) >= 11 is 5.19. The number of hydrogen-bond donors (Lipinski definition) is 1. The first kappa shape index (κ1) is 17.1. The Balaban J connectivity index is 1.78. The highest BCUT2D eigenvalue weighted by molar-refractivity contribution is 7.71. The van der Waals surface area contributed by atoms with Gasteiger partial charge in [-0.3, -0.25) is 4.79 Å². The van der Waals surface area contributed by atoms with Crippen molar-refractivity contribution in [2.24, 2.45) is 0 Å². The summed E-state index contributed by atoms with van der Waals surface area (Å²) in [5, 5.41) is 7.24. The Kier molecular flexibility index (Phi) is 4.81. The van der Waals surface area contributed by atoms with E-state index in [9.17, 15) is 4.79 Å². The molecule has 6 heteroatoms. The standard InChI is InChI=1S/C19H19N3O2S/c1-12-7-9-15(10-8-12)18-21-22(19(25)24-18)11-16(23)20-17-13(2)5-4-6-14(17)3/h4-10H,11H2,1-3H3,(H,20,23). The summed E-state index contributed by atoms with van der Waals surface area (Å²) in [6.07, 6.45) is 0. The molecule has 2 aromatic carbocycles. The van der Waals surface area contributed by atoms with Crippen LogP contribution in [0.15, 0.2) is 46.9 Å². The smallest absolute Gasteiger partial charge is 0.287 e. The zero-order valence-electron chi connectivity index (χ0n) is 14.4. The third-order valence-electron chi connectivity index (χ3n) is 3.94. The minimum atomic E-state index is -0.197. The summed E-state index contributed by atoms with van der Waals surface area (Å²) in [6, 6.07) is 13.6. The lowest BCUT2D eigenvalue weighted by Gasteiger charge is -2.11. The summed E-state index contributed by atoms with van der Waals surface area (Å²) in [5.74, 6) is 0.210. The molecule has 0 saturated carbocycles. The van der Waals surface area contributed by atoms with E-state index in [0.717, 1.165) is 27.9 Å². The molecule has 3 rings (SSSR count). The predicted octanol–water partition coefficient (Wildman–Crippen LogP) is 4.44. The minimum absolute atomic E-state index is 0.00195. The van der Waals surface area contributed by atoms with E-state index in [1.165, 1.54) is 4.68 Å². The number of carbonyl (C=O) groups excluding carboxylic acids is 1. The molecular weight excluding hydrogens is 334 g/mol. The second-order valence-electron chi connectivity index (χ2n) is 6.01. The van der Waals surface area contributed by atoms with Gasteiger partial charge in [-0.25, -0.2) is 4.68 Å². The maximum atomic E-state index is 12.4.